The normalized spacial score (nSPS) is 25.9. The summed E-state index contributed by atoms with van der Waals surface area (Å²) in [7, 11) is 1.76. The minimum absolute atomic E-state index is 0.103. The summed E-state index contributed by atoms with van der Waals surface area (Å²) in [5.74, 6) is 0.780. The van der Waals surface area contributed by atoms with Gasteiger partial charge >= 0.3 is 0 Å². The van der Waals surface area contributed by atoms with Crippen molar-refractivity contribution in [3.8, 4) is 0 Å². The van der Waals surface area contributed by atoms with Gasteiger partial charge in [0.05, 0.1) is 6.10 Å². The molecule has 0 aromatic carbocycles. The zero-order valence-electron chi connectivity index (χ0n) is 10.7. The first-order valence-corrected chi connectivity index (χ1v) is 5.96. The molecule has 0 radical (unpaired) electrons. The van der Waals surface area contributed by atoms with Crippen molar-refractivity contribution in [2.75, 3.05) is 12.4 Å². The summed E-state index contributed by atoms with van der Waals surface area (Å²) < 4.78 is 6.85. The van der Waals surface area contributed by atoms with Crippen molar-refractivity contribution in [2.45, 2.75) is 32.4 Å². The summed E-state index contributed by atoms with van der Waals surface area (Å²) in [5.41, 5.74) is 0.745. The van der Waals surface area contributed by atoms with Gasteiger partial charge in [-0.1, -0.05) is 13.8 Å². The van der Waals surface area contributed by atoms with Gasteiger partial charge in [-0.05, 0) is 29.0 Å². The SMILES string of the molecule is COC1CC(Nc2ccc3nnnn3n2)C1(C)C. The number of methoxy groups -OCH3 is 1. The molecule has 1 saturated carbocycles. The van der Waals surface area contributed by atoms with Crippen LogP contribution in [-0.4, -0.2) is 44.5 Å². The molecular formula is C11H16N6O. The predicted octanol–water partition coefficient (Wildman–Crippen LogP) is 0.745. The molecule has 7 heteroatoms. The molecule has 2 atom stereocenters. The van der Waals surface area contributed by atoms with Crippen LogP contribution in [0.2, 0.25) is 0 Å². The van der Waals surface area contributed by atoms with E-state index >= 15 is 0 Å². The summed E-state index contributed by atoms with van der Waals surface area (Å²) in [6.45, 7) is 4.38. The topological polar surface area (TPSA) is 77.2 Å². The largest absolute Gasteiger partial charge is 0.381 e. The minimum atomic E-state index is 0.103. The monoisotopic (exact) mass is 248 g/mol. The Labute approximate surface area is 105 Å². The summed E-state index contributed by atoms with van der Waals surface area (Å²) in [6.07, 6.45) is 1.28. The fourth-order valence-electron chi connectivity index (χ4n) is 2.44. The van der Waals surface area contributed by atoms with Crippen LogP contribution in [0.1, 0.15) is 20.3 Å². The third kappa shape index (κ3) is 1.62. The number of anilines is 1. The van der Waals surface area contributed by atoms with E-state index in [2.05, 4.69) is 39.8 Å². The van der Waals surface area contributed by atoms with Crippen LogP contribution in [-0.2, 0) is 4.74 Å². The lowest BCUT2D eigenvalue weighted by Crippen LogP contribution is -2.57. The van der Waals surface area contributed by atoms with Crippen LogP contribution in [0.4, 0.5) is 5.82 Å². The molecule has 2 heterocycles. The van der Waals surface area contributed by atoms with Crippen molar-refractivity contribution < 1.29 is 4.74 Å². The Balaban J connectivity index is 1.77. The van der Waals surface area contributed by atoms with E-state index < -0.39 is 0 Å². The Morgan fingerprint density at radius 3 is 3.00 bits per heavy atom. The molecule has 3 rings (SSSR count). The van der Waals surface area contributed by atoms with E-state index in [0.717, 1.165) is 12.2 Å². The molecule has 1 aliphatic carbocycles. The maximum absolute atomic E-state index is 5.43. The number of ether oxygens (including phenoxy) is 1. The van der Waals surface area contributed by atoms with Gasteiger partial charge in [0.25, 0.3) is 0 Å². The molecular weight excluding hydrogens is 232 g/mol. The molecule has 0 saturated heterocycles. The van der Waals surface area contributed by atoms with Crippen LogP contribution >= 0.6 is 0 Å². The zero-order chi connectivity index (χ0) is 12.8. The quantitative estimate of drug-likeness (QED) is 0.863. The second-order valence-corrected chi connectivity index (χ2v) is 5.22. The number of aromatic nitrogens is 5. The summed E-state index contributed by atoms with van der Waals surface area (Å²) in [6, 6.07) is 4.08. The lowest BCUT2D eigenvalue weighted by molar-refractivity contribution is -0.0795. The molecule has 0 spiro atoms. The summed E-state index contributed by atoms with van der Waals surface area (Å²) >= 11 is 0. The van der Waals surface area contributed by atoms with E-state index in [1.165, 1.54) is 4.63 Å². The molecule has 2 aromatic rings. The van der Waals surface area contributed by atoms with Gasteiger partial charge in [-0.25, -0.2) is 0 Å². The second-order valence-electron chi connectivity index (χ2n) is 5.22. The fraction of sp³-hybridized carbons (Fsp3) is 0.636. The number of nitrogens with zero attached hydrogens (tertiary/aromatic N) is 5. The lowest BCUT2D eigenvalue weighted by atomic mass is 9.64. The average molecular weight is 248 g/mol. The smallest absolute Gasteiger partial charge is 0.200 e. The van der Waals surface area contributed by atoms with Crippen molar-refractivity contribution in [2.24, 2.45) is 5.41 Å². The molecule has 1 aliphatic rings. The molecule has 1 fully saturated rings. The molecule has 0 amide bonds. The zero-order valence-corrected chi connectivity index (χ0v) is 10.7. The number of rotatable bonds is 3. The van der Waals surface area contributed by atoms with Crippen molar-refractivity contribution >= 4 is 11.5 Å². The van der Waals surface area contributed by atoms with Gasteiger partial charge in [0, 0.05) is 18.6 Å². The molecule has 7 nitrogen and oxygen atoms in total. The Hall–Kier alpha value is -1.76. The standard InChI is InChI=1S/C11H16N6O/c1-11(2)7(6-8(11)18-3)12-9-4-5-10-13-15-16-17(10)14-9/h4-5,7-8H,6H2,1-3H3,(H,12,14). The van der Waals surface area contributed by atoms with E-state index in [1.54, 1.807) is 7.11 Å². The number of hydrogen-bond acceptors (Lipinski definition) is 6. The van der Waals surface area contributed by atoms with Crippen LogP contribution < -0.4 is 5.32 Å². The van der Waals surface area contributed by atoms with Gasteiger partial charge in [-0.3, -0.25) is 0 Å². The van der Waals surface area contributed by atoms with Crippen molar-refractivity contribution in [1.82, 2.24) is 25.3 Å². The molecule has 96 valence electrons. The number of nitrogens with one attached hydrogen (secondary N) is 1. The van der Waals surface area contributed by atoms with Gasteiger partial charge < -0.3 is 10.1 Å². The molecule has 0 bridgehead atoms. The third-order valence-corrected chi connectivity index (χ3v) is 3.85. The number of fused-ring (bicyclic) bond motifs is 1. The Morgan fingerprint density at radius 1 is 1.44 bits per heavy atom. The Kier molecular flexibility index (Phi) is 2.44. The molecule has 18 heavy (non-hydrogen) atoms. The van der Waals surface area contributed by atoms with Gasteiger partial charge in [0.1, 0.15) is 5.82 Å². The predicted molar refractivity (Wildman–Crippen MR) is 65.2 cm³/mol. The Bertz CT molecular complexity index is 565. The van der Waals surface area contributed by atoms with Crippen molar-refractivity contribution in [3.63, 3.8) is 0 Å². The number of hydrogen-bond donors (Lipinski definition) is 1. The van der Waals surface area contributed by atoms with Crippen LogP contribution in [0.25, 0.3) is 5.65 Å². The van der Waals surface area contributed by atoms with Gasteiger partial charge in [-0.2, -0.15) is 0 Å². The molecule has 2 aromatic heterocycles. The van der Waals surface area contributed by atoms with E-state index in [9.17, 15) is 0 Å². The first-order valence-electron chi connectivity index (χ1n) is 5.96. The second kappa shape index (κ2) is 3.88. The van der Waals surface area contributed by atoms with Crippen LogP contribution in [0.15, 0.2) is 12.1 Å². The fourth-order valence-corrected chi connectivity index (χ4v) is 2.44. The highest BCUT2D eigenvalue weighted by Crippen LogP contribution is 2.43. The first kappa shape index (κ1) is 11.3. The summed E-state index contributed by atoms with van der Waals surface area (Å²) in [4.78, 5) is 0. The van der Waals surface area contributed by atoms with Crippen LogP contribution in [0, 0.1) is 5.41 Å². The van der Waals surface area contributed by atoms with Crippen LogP contribution in [0.5, 0.6) is 0 Å². The van der Waals surface area contributed by atoms with E-state index in [-0.39, 0.29) is 5.41 Å². The minimum Gasteiger partial charge on any atom is -0.381 e. The highest BCUT2D eigenvalue weighted by atomic mass is 16.5. The van der Waals surface area contributed by atoms with E-state index in [0.29, 0.717) is 17.8 Å². The maximum Gasteiger partial charge on any atom is 0.200 e. The number of tetrazole rings is 1. The van der Waals surface area contributed by atoms with Gasteiger partial charge in [-0.15, -0.1) is 14.8 Å². The Morgan fingerprint density at radius 2 is 2.28 bits per heavy atom. The highest BCUT2D eigenvalue weighted by molar-refractivity contribution is 5.43. The third-order valence-electron chi connectivity index (χ3n) is 3.85. The van der Waals surface area contributed by atoms with Gasteiger partial charge in [0.15, 0.2) is 5.65 Å². The van der Waals surface area contributed by atoms with E-state index in [1.807, 2.05) is 12.1 Å². The molecule has 0 aliphatic heterocycles. The maximum atomic E-state index is 5.43. The summed E-state index contributed by atoms with van der Waals surface area (Å²) in [5, 5.41) is 18.9. The highest BCUT2D eigenvalue weighted by Gasteiger charge is 2.48. The van der Waals surface area contributed by atoms with Crippen molar-refractivity contribution in [3.05, 3.63) is 12.1 Å². The van der Waals surface area contributed by atoms with E-state index in [4.69, 9.17) is 4.74 Å². The van der Waals surface area contributed by atoms with Crippen LogP contribution in [0.3, 0.4) is 0 Å². The van der Waals surface area contributed by atoms with Gasteiger partial charge in [0.2, 0.25) is 0 Å². The average Bonchev–Trinajstić information content (AvgIpc) is 2.81. The lowest BCUT2D eigenvalue weighted by Gasteiger charge is -2.51. The first-order chi connectivity index (χ1) is 8.61. The van der Waals surface area contributed by atoms with Crippen molar-refractivity contribution in [1.29, 1.82) is 0 Å². The molecule has 1 N–H and O–H groups in total. The molecule has 2 unspecified atom stereocenters.